The standard InChI is InChI=1S/C20H28N6OS/c1-5-7-12-26-19(17(6-2)25(3)4)23-24-20(26)28-14-18(27)22-16-11-9-8-10-15(16)13-21/h8-11,17H,5-7,12,14H2,1-4H3,(H,22,27)/t17-/m1/s1. The number of unbranched alkanes of at least 4 members (excludes halogenated alkanes) is 1. The van der Waals surface area contributed by atoms with Crippen molar-refractivity contribution in [1.29, 1.82) is 5.26 Å². The number of amides is 1. The lowest BCUT2D eigenvalue weighted by Gasteiger charge is -2.23. The second kappa shape index (κ2) is 10.8. The molecule has 0 fully saturated rings. The van der Waals surface area contributed by atoms with E-state index in [0.717, 1.165) is 36.8 Å². The third-order valence-corrected chi connectivity index (χ3v) is 5.41. The van der Waals surface area contributed by atoms with Gasteiger partial charge in [-0.2, -0.15) is 5.26 Å². The third kappa shape index (κ3) is 5.57. The van der Waals surface area contributed by atoms with Crippen molar-refractivity contribution in [1.82, 2.24) is 19.7 Å². The molecule has 1 atom stereocenters. The molecule has 8 heteroatoms. The first kappa shape index (κ1) is 21.9. The van der Waals surface area contributed by atoms with Gasteiger partial charge in [-0.05, 0) is 39.1 Å². The second-order valence-electron chi connectivity index (χ2n) is 6.73. The average Bonchev–Trinajstić information content (AvgIpc) is 3.08. The fraction of sp³-hybridized carbons (Fsp3) is 0.500. The van der Waals surface area contributed by atoms with Crippen molar-refractivity contribution in [3.8, 4) is 6.07 Å². The normalized spacial score (nSPS) is 12.0. The first-order valence-corrected chi connectivity index (χ1v) is 10.5. The lowest BCUT2D eigenvalue weighted by Crippen LogP contribution is -2.23. The highest BCUT2D eigenvalue weighted by Crippen LogP contribution is 2.26. The van der Waals surface area contributed by atoms with E-state index in [1.54, 1.807) is 24.3 Å². The molecule has 0 spiro atoms. The highest BCUT2D eigenvalue weighted by atomic mass is 32.2. The fourth-order valence-corrected chi connectivity index (χ4v) is 3.74. The Kier molecular flexibility index (Phi) is 8.48. The lowest BCUT2D eigenvalue weighted by atomic mass is 10.2. The van der Waals surface area contributed by atoms with Gasteiger partial charge in [-0.15, -0.1) is 10.2 Å². The Morgan fingerprint density at radius 2 is 2.07 bits per heavy atom. The van der Waals surface area contributed by atoms with Gasteiger partial charge in [0.1, 0.15) is 6.07 Å². The minimum Gasteiger partial charge on any atom is -0.324 e. The quantitative estimate of drug-likeness (QED) is 0.612. The van der Waals surface area contributed by atoms with Gasteiger partial charge in [-0.1, -0.05) is 44.2 Å². The molecule has 0 bridgehead atoms. The molecule has 2 aromatic rings. The molecule has 150 valence electrons. The van der Waals surface area contributed by atoms with E-state index >= 15 is 0 Å². The number of nitrogens with one attached hydrogen (secondary N) is 1. The van der Waals surface area contributed by atoms with Crippen molar-refractivity contribution in [3.05, 3.63) is 35.7 Å². The number of carbonyl (C=O) groups is 1. The summed E-state index contributed by atoms with van der Waals surface area (Å²) in [6.45, 7) is 5.13. The SMILES string of the molecule is CCCCn1c(SCC(=O)Nc2ccccc2C#N)nnc1[C@@H](CC)N(C)C. The van der Waals surface area contributed by atoms with Gasteiger partial charge in [-0.25, -0.2) is 0 Å². The molecule has 0 saturated heterocycles. The highest BCUT2D eigenvalue weighted by Gasteiger charge is 2.22. The van der Waals surface area contributed by atoms with Crippen molar-refractivity contribution in [3.63, 3.8) is 0 Å². The van der Waals surface area contributed by atoms with Gasteiger partial charge < -0.3 is 9.88 Å². The molecule has 1 amide bonds. The Hall–Kier alpha value is -2.37. The number of rotatable bonds is 10. The number of hydrogen-bond donors (Lipinski definition) is 1. The van der Waals surface area contributed by atoms with Crippen molar-refractivity contribution < 1.29 is 4.79 Å². The molecule has 1 N–H and O–H groups in total. The summed E-state index contributed by atoms with van der Waals surface area (Å²) >= 11 is 1.37. The second-order valence-corrected chi connectivity index (χ2v) is 7.67. The molecule has 0 saturated carbocycles. The van der Waals surface area contributed by atoms with Crippen LogP contribution in [0.5, 0.6) is 0 Å². The van der Waals surface area contributed by atoms with Crippen LogP contribution in [0.2, 0.25) is 0 Å². The molecule has 0 radical (unpaired) electrons. The number of nitrogens with zero attached hydrogens (tertiary/aromatic N) is 5. The molecule has 1 aromatic heterocycles. The predicted molar refractivity (Wildman–Crippen MR) is 112 cm³/mol. The molecule has 7 nitrogen and oxygen atoms in total. The summed E-state index contributed by atoms with van der Waals surface area (Å²) in [6.07, 6.45) is 3.05. The zero-order chi connectivity index (χ0) is 20.5. The van der Waals surface area contributed by atoms with Crippen molar-refractivity contribution >= 4 is 23.4 Å². The van der Waals surface area contributed by atoms with E-state index in [1.807, 2.05) is 14.1 Å². The molecule has 0 unspecified atom stereocenters. The van der Waals surface area contributed by atoms with Gasteiger partial charge in [0.25, 0.3) is 0 Å². The third-order valence-electron chi connectivity index (χ3n) is 4.44. The van der Waals surface area contributed by atoms with Gasteiger partial charge in [0, 0.05) is 6.54 Å². The Bertz CT molecular complexity index is 826. The minimum absolute atomic E-state index is 0.168. The lowest BCUT2D eigenvalue weighted by molar-refractivity contribution is -0.113. The smallest absolute Gasteiger partial charge is 0.234 e. The van der Waals surface area contributed by atoms with E-state index in [2.05, 4.69) is 44.9 Å². The molecule has 28 heavy (non-hydrogen) atoms. The van der Waals surface area contributed by atoms with E-state index in [0.29, 0.717) is 11.3 Å². The van der Waals surface area contributed by atoms with Crippen LogP contribution >= 0.6 is 11.8 Å². The van der Waals surface area contributed by atoms with Crippen LogP contribution in [-0.4, -0.2) is 45.4 Å². The number of thioether (sulfide) groups is 1. The maximum atomic E-state index is 12.4. The number of nitriles is 1. The van der Waals surface area contributed by atoms with Crippen LogP contribution in [0.3, 0.4) is 0 Å². The summed E-state index contributed by atoms with van der Waals surface area (Å²) in [7, 11) is 4.08. The van der Waals surface area contributed by atoms with Gasteiger partial charge in [0.15, 0.2) is 11.0 Å². The van der Waals surface area contributed by atoms with Crippen LogP contribution in [0.4, 0.5) is 5.69 Å². The van der Waals surface area contributed by atoms with Crippen LogP contribution in [0.25, 0.3) is 0 Å². The monoisotopic (exact) mass is 400 g/mol. The maximum Gasteiger partial charge on any atom is 0.234 e. The number of benzene rings is 1. The first-order valence-electron chi connectivity index (χ1n) is 9.53. The Morgan fingerprint density at radius 3 is 2.71 bits per heavy atom. The van der Waals surface area contributed by atoms with E-state index < -0.39 is 0 Å². The van der Waals surface area contributed by atoms with Crippen LogP contribution in [0.15, 0.2) is 29.4 Å². The Balaban J connectivity index is 2.11. The zero-order valence-electron chi connectivity index (χ0n) is 17.0. The summed E-state index contributed by atoms with van der Waals surface area (Å²) in [5, 5.41) is 21.5. The molecule has 0 aliphatic carbocycles. The number of hydrogen-bond acceptors (Lipinski definition) is 6. The van der Waals surface area contributed by atoms with Gasteiger partial charge in [0.2, 0.25) is 5.91 Å². The largest absolute Gasteiger partial charge is 0.324 e. The van der Waals surface area contributed by atoms with Crippen LogP contribution in [-0.2, 0) is 11.3 Å². The molecule has 1 heterocycles. The molecular weight excluding hydrogens is 372 g/mol. The van der Waals surface area contributed by atoms with Crippen LogP contribution in [0.1, 0.15) is 50.5 Å². The summed E-state index contributed by atoms with van der Waals surface area (Å²) in [5.74, 6) is 0.987. The topological polar surface area (TPSA) is 86.8 Å². The Morgan fingerprint density at radius 1 is 1.32 bits per heavy atom. The first-order chi connectivity index (χ1) is 13.5. The van der Waals surface area contributed by atoms with E-state index in [1.165, 1.54) is 11.8 Å². The highest BCUT2D eigenvalue weighted by molar-refractivity contribution is 7.99. The summed E-state index contributed by atoms with van der Waals surface area (Å²) < 4.78 is 2.14. The molecule has 2 rings (SSSR count). The van der Waals surface area contributed by atoms with Crippen molar-refractivity contribution in [2.75, 3.05) is 25.2 Å². The number of para-hydroxylation sites is 1. The average molecular weight is 401 g/mol. The summed E-state index contributed by atoms with van der Waals surface area (Å²) in [5.41, 5.74) is 0.980. The molecule has 1 aromatic carbocycles. The molecule has 0 aliphatic heterocycles. The van der Waals surface area contributed by atoms with Crippen LogP contribution in [0, 0.1) is 11.3 Å². The maximum absolute atomic E-state index is 12.4. The Labute approximate surface area is 171 Å². The fourth-order valence-electron chi connectivity index (χ4n) is 2.96. The van der Waals surface area contributed by atoms with Gasteiger partial charge >= 0.3 is 0 Å². The van der Waals surface area contributed by atoms with Crippen molar-refractivity contribution in [2.45, 2.75) is 50.9 Å². The van der Waals surface area contributed by atoms with Crippen molar-refractivity contribution in [2.24, 2.45) is 0 Å². The predicted octanol–water partition coefficient (Wildman–Crippen LogP) is 3.69. The van der Waals surface area contributed by atoms with Gasteiger partial charge in [0.05, 0.1) is 23.0 Å². The number of anilines is 1. The zero-order valence-corrected chi connectivity index (χ0v) is 17.8. The minimum atomic E-state index is -0.168. The van der Waals surface area contributed by atoms with E-state index in [9.17, 15) is 4.79 Å². The molecule has 0 aliphatic rings. The van der Waals surface area contributed by atoms with Gasteiger partial charge in [-0.3, -0.25) is 9.69 Å². The van der Waals surface area contributed by atoms with Crippen LogP contribution < -0.4 is 5.32 Å². The number of carbonyl (C=O) groups excluding carboxylic acids is 1. The summed E-state index contributed by atoms with van der Waals surface area (Å²) in [4.78, 5) is 14.5. The van der Waals surface area contributed by atoms with E-state index in [-0.39, 0.29) is 17.7 Å². The number of aromatic nitrogens is 3. The summed E-state index contributed by atoms with van der Waals surface area (Å²) in [6, 6.07) is 9.26. The van der Waals surface area contributed by atoms with E-state index in [4.69, 9.17) is 5.26 Å². The molecular formula is C20H28N6OS.